The number of hydrogen-bond donors (Lipinski definition) is 1. The predicted octanol–water partition coefficient (Wildman–Crippen LogP) is 4.36. The summed E-state index contributed by atoms with van der Waals surface area (Å²) in [5, 5.41) is 12.3. The van der Waals surface area contributed by atoms with Gasteiger partial charge in [-0.1, -0.05) is 29.8 Å². The lowest BCUT2D eigenvalue weighted by Crippen LogP contribution is -2.25. The Morgan fingerprint density at radius 3 is 2.65 bits per heavy atom. The molecule has 2 aromatic heterocycles. The van der Waals surface area contributed by atoms with Crippen LogP contribution in [0.5, 0.6) is 0 Å². The van der Waals surface area contributed by atoms with Crippen molar-refractivity contribution < 1.29 is 4.79 Å². The van der Waals surface area contributed by atoms with Crippen molar-refractivity contribution in [1.82, 2.24) is 19.6 Å². The van der Waals surface area contributed by atoms with Crippen LogP contribution in [0.2, 0.25) is 5.02 Å². The fraction of sp³-hybridized carbons (Fsp3) is 0.278. The van der Waals surface area contributed by atoms with E-state index in [2.05, 4.69) is 31.4 Å². The number of nitrogens with zero attached hydrogens (tertiary/aromatic N) is 4. The van der Waals surface area contributed by atoms with Crippen molar-refractivity contribution in [1.29, 1.82) is 0 Å². The Kier molecular flexibility index (Phi) is 5.48. The summed E-state index contributed by atoms with van der Waals surface area (Å²) in [6.07, 6.45) is 1.81. The van der Waals surface area contributed by atoms with Gasteiger partial charge in [0, 0.05) is 17.3 Å². The minimum absolute atomic E-state index is 0.175. The Morgan fingerprint density at radius 1 is 1.27 bits per heavy atom. The Labute approximate surface area is 165 Å². The van der Waals surface area contributed by atoms with Gasteiger partial charge in [-0.05, 0) is 48.3 Å². The van der Waals surface area contributed by atoms with Crippen LogP contribution in [0.15, 0.2) is 41.0 Å². The van der Waals surface area contributed by atoms with E-state index in [1.165, 1.54) is 0 Å². The third-order valence-corrected chi connectivity index (χ3v) is 5.68. The van der Waals surface area contributed by atoms with Crippen molar-refractivity contribution in [3.8, 4) is 0 Å². The Hall–Kier alpha value is -2.12. The summed E-state index contributed by atoms with van der Waals surface area (Å²) in [6, 6.07) is 8.93. The molecule has 1 unspecified atom stereocenters. The van der Waals surface area contributed by atoms with Gasteiger partial charge in [0.15, 0.2) is 5.82 Å². The van der Waals surface area contributed by atoms with E-state index in [1.54, 1.807) is 15.4 Å². The van der Waals surface area contributed by atoms with Gasteiger partial charge >= 0.3 is 0 Å². The average Bonchev–Trinajstić information content (AvgIpc) is 3.16. The Balaban J connectivity index is 1.69. The Bertz CT molecular complexity index is 949. The van der Waals surface area contributed by atoms with Crippen LogP contribution in [0.25, 0.3) is 0 Å². The summed E-state index contributed by atoms with van der Waals surface area (Å²) in [5.74, 6) is 0.320. The van der Waals surface area contributed by atoms with Crippen LogP contribution in [0.1, 0.15) is 29.9 Å². The summed E-state index contributed by atoms with van der Waals surface area (Å²) in [6.45, 7) is 6.16. The summed E-state index contributed by atoms with van der Waals surface area (Å²) >= 11 is 9.66. The first-order valence-corrected chi connectivity index (χ1v) is 9.33. The van der Waals surface area contributed by atoms with Gasteiger partial charge in [-0.25, -0.2) is 0 Å². The molecule has 1 atom stereocenters. The van der Waals surface area contributed by atoms with E-state index in [-0.39, 0.29) is 5.91 Å². The lowest BCUT2D eigenvalue weighted by Gasteiger charge is -2.13. The summed E-state index contributed by atoms with van der Waals surface area (Å²) in [4.78, 5) is 12.5. The van der Waals surface area contributed by atoms with Crippen LogP contribution >= 0.6 is 27.5 Å². The van der Waals surface area contributed by atoms with Crippen LogP contribution in [-0.4, -0.2) is 25.5 Å². The molecule has 0 spiro atoms. The van der Waals surface area contributed by atoms with Crippen LogP contribution < -0.4 is 5.32 Å². The zero-order valence-electron chi connectivity index (χ0n) is 14.7. The first kappa shape index (κ1) is 18.7. The number of benzene rings is 1. The highest BCUT2D eigenvalue weighted by Gasteiger charge is 2.21. The lowest BCUT2D eigenvalue weighted by molar-refractivity contribution is -0.119. The Morgan fingerprint density at radius 2 is 2.00 bits per heavy atom. The van der Waals surface area contributed by atoms with Gasteiger partial charge in [-0.3, -0.25) is 14.2 Å². The number of rotatable bonds is 5. The first-order valence-electron chi connectivity index (χ1n) is 8.15. The number of aromatic nitrogens is 4. The summed E-state index contributed by atoms with van der Waals surface area (Å²) in [5.41, 5.74) is 2.73. The van der Waals surface area contributed by atoms with Crippen molar-refractivity contribution in [2.45, 2.75) is 33.4 Å². The molecule has 8 heteroatoms. The molecular formula is C18H19BrClN5O. The molecule has 1 N–H and O–H groups in total. The van der Waals surface area contributed by atoms with E-state index in [4.69, 9.17) is 11.6 Å². The van der Waals surface area contributed by atoms with E-state index in [0.717, 1.165) is 21.4 Å². The standard InChI is InChI=1S/C18H19BrClN5O/c1-11-17(19)12(2)25(22-11)13(3)18(26)21-16-8-9-24(23-16)10-14-6-4-5-7-15(14)20/h4-9,13H,10H2,1-3H3,(H,21,23,26). The minimum atomic E-state index is -0.450. The van der Waals surface area contributed by atoms with E-state index in [1.807, 2.05) is 51.2 Å². The molecule has 0 saturated carbocycles. The third-order valence-electron chi connectivity index (χ3n) is 4.17. The molecule has 3 rings (SSSR count). The van der Waals surface area contributed by atoms with Gasteiger partial charge in [-0.15, -0.1) is 0 Å². The maximum absolute atomic E-state index is 12.5. The van der Waals surface area contributed by atoms with E-state index >= 15 is 0 Å². The summed E-state index contributed by atoms with van der Waals surface area (Å²) < 4.78 is 4.36. The second-order valence-corrected chi connectivity index (χ2v) is 7.28. The smallest absolute Gasteiger partial charge is 0.250 e. The number of amides is 1. The summed E-state index contributed by atoms with van der Waals surface area (Å²) in [7, 11) is 0. The molecule has 0 aliphatic carbocycles. The van der Waals surface area contributed by atoms with Crippen LogP contribution in [-0.2, 0) is 11.3 Å². The van der Waals surface area contributed by atoms with E-state index in [9.17, 15) is 4.79 Å². The lowest BCUT2D eigenvalue weighted by atomic mass is 10.2. The zero-order chi connectivity index (χ0) is 18.8. The number of aryl methyl sites for hydroxylation is 1. The SMILES string of the molecule is Cc1nn(C(C)C(=O)Nc2ccn(Cc3ccccc3Cl)n2)c(C)c1Br. The monoisotopic (exact) mass is 435 g/mol. The molecule has 0 aliphatic heterocycles. The molecule has 136 valence electrons. The molecule has 0 fully saturated rings. The van der Waals surface area contributed by atoms with Crippen LogP contribution in [0, 0.1) is 13.8 Å². The molecule has 0 aliphatic rings. The quantitative estimate of drug-likeness (QED) is 0.646. The van der Waals surface area contributed by atoms with Gasteiger partial charge in [-0.2, -0.15) is 10.2 Å². The molecule has 1 amide bonds. The molecule has 0 radical (unpaired) electrons. The maximum Gasteiger partial charge on any atom is 0.250 e. The topological polar surface area (TPSA) is 64.7 Å². The highest BCUT2D eigenvalue weighted by molar-refractivity contribution is 9.10. The van der Waals surface area contributed by atoms with Crippen LogP contribution in [0.3, 0.4) is 0 Å². The van der Waals surface area contributed by atoms with E-state index in [0.29, 0.717) is 17.4 Å². The molecule has 6 nitrogen and oxygen atoms in total. The zero-order valence-corrected chi connectivity index (χ0v) is 17.0. The number of halogens is 2. The van der Waals surface area contributed by atoms with Crippen molar-refractivity contribution >= 4 is 39.3 Å². The van der Waals surface area contributed by atoms with Crippen molar-refractivity contribution in [2.24, 2.45) is 0 Å². The maximum atomic E-state index is 12.5. The fourth-order valence-electron chi connectivity index (χ4n) is 2.68. The normalized spacial score (nSPS) is 12.2. The fourth-order valence-corrected chi connectivity index (χ4v) is 3.14. The molecule has 3 aromatic rings. The van der Waals surface area contributed by atoms with Gasteiger partial charge in [0.1, 0.15) is 6.04 Å². The molecular weight excluding hydrogens is 418 g/mol. The molecule has 26 heavy (non-hydrogen) atoms. The molecule has 1 aromatic carbocycles. The van der Waals surface area contributed by atoms with Gasteiger partial charge < -0.3 is 5.32 Å². The largest absolute Gasteiger partial charge is 0.307 e. The average molecular weight is 437 g/mol. The molecule has 0 saturated heterocycles. The first-order chi connectivity index (χ1) is 12.4. The number of anilines is 1. The van der Waals surface area contributed by atoms with E-state index < -0.39 is 6.04 Å². The second-order valence-electron chi connectivity index (χ2n) is 6.08. The van der Waals surface area contributed by atoms with Crippen molar-refractivity contribution in [3.05, 3.63) is 63.0 Å². The highest BCUT2D eigenvalue weighted by Crippen LogP contribution is 2.23. The van der Waals surface area contributed by atoms with Gasteiger partial charge in [0.25, 0.3) is 0 Å². The van der Waals surface area contributed by atoms with Crippen LogP contribution in [0.4, 0.5) is 5.82 Å². The number of nitrogens with one attached hydrogen (secondary N) is 1. The number of hydrogen-bond acceptors (Lipinski definition) is 3. The predicted molar refractivity (Wildman–Crippen MR) is 106 cm³/mol. The number of carbonyl (C=O) groups is 1. The minimum Gasteiger partial charge on any atom is -0.307 e. The molecule has 0 bridgehead atoms. The highest BCUT2D eigenvalue weighted by atomic mass is 79.9. The van der Waals surface area contributed by atoms with Gasteiger partial charge in [0.05, 0.1) is 22.4 Å². The third kappa shape index (κ3) is 3.83. The van der Waals surface area contributed by atoms with Crippen molar-refractivity contribution in [3.63, 3.8) is 0 Å². The van der Waals surface area contributed by atoms with Crippen molar-refractivity contribution in [2.75, 3.05) is 5.32 Å². The second kappa shape index (κ2) is 7.63. The molecule has 2 heterocycles. The number of carbonyl (C=O) groups excluding carboxylic acids is 1. The van der Waals surface area contributed by atoms with Gasteiger partial charge in [0.2, 0.25) is 5.91 Å².